The Kier molecular flexibility index (Phi) is 7.37. The quantitative estimate of drug-likeness (QED) is 0.480. The molecule has 1 fully saturated rings. The Morgan fingerprint density at radius 3 is 2.63 bits per heavy atom. The Morgan fingerprint density at radius 2 is 1.89 bits per heavy atom. The smallest absolute Gasteiger partial charge is 0.318 e. The molecule has 2 aromatic carbocycles. The van der Waals surface area contributed by atoms with Crippen LogP contribution in [0.4, 0.5) is 11.5 Å². The van der Waals surface area contributed by atoms with Crippen molar-refractivity contribution in [1.82, 2.24) is 19.8 Å². The SMILES string of the molecule is C=CC(=O)N1CCN(c2nc(OCC(C)N(C)C)nc3c2CCN(c2cc(O)cc4ccccc24)C3)CC1. The van der Waals surface area contributed by atoms with Gasteiger partial charge >= 0.3 is 6.01 Å². The number of aromatic nitrogens is 2. The number of rotatable bonds is 7. The predicted molar refractivity (Wildman–Crippen MR) is 150 cm³/mol. The summed E-state index contributed by atoms with van der Waals surface area (Å²) in [7, 11) is 4.04. The second-order valence-corrected chi connectivity index (χ2v) is 10.3. The molecule has 38 heavy (non-hydrogen) atoms. The number of aromatic hydroxyl groups is 1. The third-order valence-electron chi connectivity index (χ3n) is 7.59. The molecule has 0 saturated carbocycles. The number of piperazine rings is 1. The summed E-state index contributed by atoms with van der Waals surface area (Å²) in [4.78, 5) is 30.3. The van der Waals surface area contributed by atoms with Gasteiger partial charge in [-0.3, -0.25) is 4.79 Å². The molecule has 0 spiro atoms. The molecule has 200 valence electrons. The van der Waals surface area contributed by atoms with Gasteiger partial charge in [-0.1, -0.05) is 30.8 Å². The van der Waals surface area contributed by atoms with E-state index in [4.69, 9.17) is 14.7 Å². The Bertz CT molecular complexity index is 1340. The Labute approximate surface area is 223 Å². The van der Waals surface area contributed by atoms with E-state index in [1.165, 1.54) is 6.08 Å². The van der Waals surface area contributed by atoms with Crippen molar-refractivity contribution in [1.29, 1.82) is 0 Å². The number of nitrogens with zero attached hydrogens (tertiary/aromatic N) is 6. The molecule has 1 saturated heterocycles. The summed E-state index contributed by atoms with van der Waals surface area (Å²) < 4.78 is 6.11. The number of carbonyl (C=O) groups excluding carboxylic acids is 1. The minimum Gasteiger partial charge on any atom is -0.508 e. The Balaban J connectivity index is 1.47. The molecule has 1 atom stereocenters. The summed E-state index contributed by atoms with van der Waals surface area (Å²) in [6, 6.07) is 12.3. The van der Waals surface area contributed by atoms with Crippen molar-refractivity contribution in [2.75, 3.05) is 63.2 Å². The van der Waals surface area contributed by atoms with Crippen LogP contribution in [0.1, 0.15) is 18.2 Å². The number of ether oxygens (including phenoxy) is 1. The van der Waals surface area contributed by atoms with Crippen molar-refractivity contribution in [2.45, 2.75) is 25.9 Å². The zero-order chi connectivity index (χ0) is 26.8. The molecule has 3 heterocycles. The van der Waals surface area contributed by atoms with Gasteiger partial charge in [-0.15, -0.1) is 0 Å². The Hall–Kier alpha value is -3.85. The molecule has 1 unspecified atom stereocenters. The number of fused-ring (bicyclic) bond motifs is 2. The van der Waals surface area contributed by atoms with Crippen LogP contribution >= 0.6 is 0 Å². The molecule has 2 aliphatic heterocycles. The van der Waals surface area contributed by atoms with Gasteiger partial charge in [0.15, 0.2) is 0 Å². The average molecular weight is 517 g/mol. The van der Waals surface area contributed by atoms with Gasteiger partial charge < -0.3 is 29.4 Å². The molecular formula is C29H36N6O3. The van der Waals surface area contributed by atoms with Crippen LogP contribution in [-0.2, 0) is 17.8 Å². The largest absolute Gasteiger partial charge is 0.508 e. The van der Waals surface area contributed by atoms with Crippen molar-refractivity contribution < 1.29 is 14.6 Å². The molecule has 9 heteroatoms. The first-order chi connectivity index (χ1) is 18.3. The third kappa shape index (κ3) is 5.24. The summed E-state index contributed by atoms with van der Waals surface area (Å²) in [5, 5.41) is 12.5. The highest BCUT2D eigenvalue weighted by Crippen LogP contribution is 2.36. The zero-order valence-electron chi connectivity index (χ0n) is 22.4. The standard InChI is InChI=1S/C29H36N6O3/c1-5-27(37)33-12-14-34(15-13-33)28-24-10-11-35(26-17-22(36)16-21-8-6-7-9-23(21)26)18-25(24)30-29(31-28)38-19-20(2)32(3)4/h5-9,16-17,20,36H,1,10-15,18-19H2,2-4H3. The molecule has 2 aliphatic rings. The molecule has 0 aliphatic carbocycles. The molecule has 5 rings (SSSR count). The highest BCUT2D eigenvalue weighted by atomic mass is 16.5. The molecule has 0 radical (unpaired) electrons. The van der Waals surface area contributed by atoms with E-state index in [-0.39, 0.29) is 17.7 Å². The zero-order valence-corrected chi connectivity index (χ0v) is 22.4. The normalized spacial score (nSPS) is 16.5. The first-order valence-electron chi connectivity index (χ1n) is 13.2. The summed E-state index contributed by atoms with van der Waals surface area (Å²) >= 11 is 0. The van der Waals surface area contributed by atoms with E-state index in [0.29, 0.717) is 45.3 Å². The first-order valence-corrected chi connectivity index (χ1v) is 13.2. The topological polar surface area (TPSA) is 85.3 Å². The fraction of sp³-hybridized carbons (Fsp3) is 0.414. The van der Waals surface area contributed by atoms with Crippen LogP contribution in [0.15, 0.2) is 49.1 Å². The monoisotopic (exact) mass is 516 g/mol. The third-order valence-corrected chi connectivity index (χ3v) is 7.59. The van der Waals surface area contributed by atoms with E-state index in [1.807, 2.05) is 43.3 Å². The van der Waals surface area contributed by atoms with Crippen LogP contribution in [0.25, 0.3) is 10.8 Å². The van der Waals surface area contributed by atoms with Crippen LogP contribution in [0.5, 0.6) is 11.8 Å². The van der Waals surface area contributed by atoms with E-state index in [0.717, 1.165) is 46.5 Å². The van der Waals surface area contributed by atoms with Crippen LogP contribution in [0.2, 0.25) is 0 Å². The van der Waals surface area contributed by atoms with Gasteiger partial charge in [0.05, 0.1) is 12.2 Å². The molecule has 1 aromatic heterocycles. The van der Waals surface area contributed by atoms with E-state index < -0.39 is 0 Å². The Morgan fingerprint density at radius 1 is 1.13 bits per heavy atom. The molecular weight excluding hydrogens is 480 g/mol. The summed E-state index contributed by atoms with van der Waals surface area (Å²) in [5.74, 6) is 1.11. The van der Waals surface area contributed by atoms with Crippen molar-refractivity contribution in [2.24, 2.45) is 0 Å². The minimum atomic E-state index is -0.0370. The number of carbonyl (C=O) groups is 1. The summed E-state index contributed by atoms with van der Waals surface area (Å²) in [6.45, 7) is 10.2. The van der Waals surface area contributed by atoms with Crippen molar-refractivity contribution in [3.63, 3.8) is 0 Å². The van der Waals surface area contributed by atoms with Gasteiger partial charge in [0.2, 0.25) is 5.91 Å². The maximum Gasteiger partial charge on any atom is 0.318 e. The number of benzene rings is 2. The number of likely N-dealkylation sites (N-methyl/N-ethyl adjacent to an activating group) is 1. The predicted octanol–water partition coefficient (Wildman–Crippen LogP) is 3.06. The lowest BCUT2D eigenvalue weighted by Crippen LogP contribution is -2.49. The van der Waals surface area contributed by atoms with Gasteiger partial charge in [-0.25, -0.2) is 0 Å². The van der Waals surface area contributed by atoms with E-state index in [2.05, 4.69) is 34.3 Å². The van der Waals surface area contributed by atoms with Crippen LogP contribution < -0.4 is 14.5 Å². The lowest BCUT2D eigenvalue weighted by molar-refractivity contribution is -0.126. The first kappa shape index (κ1) is 25.8. The summed E-state index contributed by atoms with van der Waals surface area (Å²) in [5.41, 5.74) is 3.06. The second-order valence-electron chi connectivity index (χ2n) is 10.3. The fourth-order valence-corrected chi connectivity index (χ4v) is 5.07. The van der Waals surface area contributed by atoms with Gasteiger partial charge in [-0.05, 0) is 45.0 Å². The number of hydrogen-bond donors (Lipinski definition) is 1. The molecule has 0 bridgehead atoms. The maximum absolute atomic E-state index is 12.1. The molecule has 3 aromatic rings. The number of phenols is 1. The number of anilines is 2. The van der Waals surface area contributed by atoms with Crippen LogP contribution in [0, 0.1) is 0 Å². The lowest BCUT2D eigenvalue weighted by Gasteiger charge is -2.38. The van der Waals surface area contributed by atoms with Gasteiger partial charge in [0.1, 0.15) is 18.2 Å². The summed E-state index contributed by atoms with van der Waals surface area (Å²) in [6.07, 6.45) is 2.15. The molecule has 1 N–H and O–H groups in total. The highest BCUT2D eigenvalue weighted by Gasteiger charge is 2.29. The number of hydrogen-bond acceptors (Lipinski definition) is 8. The van der Waals surface area contributed by atoms with E-state index >= 15 is 0 Å². The number of phenolic OH excluding ortho intramolecular Hbond substituents is 1. The molecule has 9 nitrogen and oxygen atoms in total. The van der Waals surface area contributed by atoms with Crippen molar-refractivity contribution in [3.8, 4) is 11.8 Å². The van der Waals surface area contributed by atoms with Crippen molar-refractivity contribution in [3.05, 3.63) is 60.3 Å². The van der Waals surface area contributed by atoms with E-state index in [1.54, 1.807) is 6.07 Å². The number of amides is 1. The second kappa shape index (κ2) is 10.9. The van der Waals surface area contributed by atoms with Gasteiger partial charge in [0.25, 0.3) is 0 Å². The van der Waals surface area contributed by atoms with E-state index in [9.17, 15) is 9.90 Å². The highest BCUT2D eigenvalue weighted by molar-refractivity contribution is 5.95. The maximum atomic E-state index is 12.1. The minimum absolute atomic E-state index is 0.0370. The molecule has 1 amide bonds. The van der Waals surface area contributed by atoms with Gasteiger partial charge in [0, 0.05) is 61.5 Å². The fourth-order valence-electron chi connectivity index (χ4n) is 5.07. The van der Waals surface area contributed by atoms with Gasteiger partial charge in [-0.2, -0.15) is 9.97 Å². The lowest BCUT2D eigenvalue weighted by atomic mass is 10.0. The van der Waals surface area contributed by atoms with Crippen molar-refractivity contribution >= 4 is 28.2 Å². The average Bonchev–Trinajstić information content (AvgIpc) is 2.94. The van der Waals surface area contributed by atoms with Crippen LogP contribution in [-0.4, -0.2) is 90.2 Å². The van der Waals surface area contributed by atoms with Crippen LogP contribution in [0.3, 0.4) is 0 Å².